The number of likely N-dealkylation sites (tertiary alicyclic amines) is 1. The van der Waals surface area contributed by atoms with Crippen molar-refractivity contribution in [3.63, 3.8) is 0 Å². The Bertz CT molecular complexity index is 853. The Morgan fingerprint density at radius 2 is 2.03 bits per heavy atom. The molecule has 2 aromatic carbocycles. The number of primary amides is 1. The van der Waals surface area contributed by atoms with Gasteiger partial charge in [0, 0.05) is 26.7 Å². The van der Waals surface area contributed by atoms with E-state index >= 15 is 0 Å². The van der Waals surface area contributed by atoms with Gasteiger partial charge in [-0.3, -0.25) is 9.79 Å². The van der Waals surface area contributed by atoms with Crippen LogP contribution in [0.5, 0.6) is 5.75 Å². The maximum atomic E-state index is 10.9. The first-order valence-electron chi connectivity index (χ1n) is 10.6. The van der Waals surface area contributed by atoms with E-state index in [4.69, 9.17) is 10.5 Å². The Kier molecular flexibility index (Phi) is 7.71. The number of benzene rings is 2. The Morgan fingerprint density at radius 3 is 2.73 bits per heavy atom. The Hall–Kier alpha value is -3.02. The third-order valence-electron chi connectivity index (χ3n) is 5.73. The molecule has 160 valence electrons. The van der Waals surface area contributed by atoms with Gasteiger partial charge >= 0.3 is 0 Å². The van der Waals surface area contributed by atoms with E-state index in [2.05, 4.69) is 52.5 Å². The fourth-order valence-electron chi connectivity index (χ4n) is 4.19. The number of nitrogens with one attached hydrogen (secondary N) is 1. The molecule has 0 saturated carbocycles. The third kappa shape index (κ3) is 5.75. The van der Waals surface area contributed by atoms with Crippen LogP contribution in [-0.4, -0.2) is 43.5 Å². The highest BCUT2D eigenvalue weighted by molar-refractivity contribution is 5.80. The molecule has 2 unspecified atom stereocenters. The zero-order valence-corrected chi connectivity index (χ0v) is 17.9. The van der Waals surface area contributed by atoms with Gasteiger partial charge in [-0.15, -0.1) is 0 Å². The lowest BCUT2D eigenvalue weighted by Crippen LogP contribution is -2.48. The summed E-state index contributed by atoms with van der Waals surface area (Å²) in [6, 6.07) is 18.5. The van der Waals surface area contributed by atoms with Crippen LogP contribution >= 0.6 is 0 Å². The lowest BCUT2D eigenvalue weighted by molar-refractivity contribution is -0.119. The van der Waals surface area contributed by atoms with Gasteiger partial charge in [-0.25, -0.2) is 0 Å². The summed E-state index contributed by atoms with van der Waals surface area (Å²) in [6.07, 6.45) is 2.27. The smallest absolute Gasteiger partial charge is 0.255 e. The maximum absolute atomic E-state index is 10.9. The van der Waals surface area contributed by atoms with Crippen LogP contribution in [0.15, 0.2) is 59.6 Å². The molecule has 0 aromatic heterocycles. The Labute approximate surface area is 179 Å². The molecule has 1 aliphatic rings. The van der Waals surface area contributed by atoms with Crippen molar-refractivity contribution in [2.45, 2.75) is 32.2 Å². The van der Waals surface area contributed by atoms with E-state index in [1.54, 1.807) is 0 Å². The van der Waals surface area contributed by atoms with E-state index in [0.29, 0.717) is 24.1 Å². The van der Waals surface area contributed by atoms with Gasteiger partial charge in [-0.1, -0.05) is 55.8 Å². The Balaban J connectivity index is 1.59. The molecule has 0 aliphatic carbocycles. The maximum Gasteiger partial charge on any atom is 0.255 e. The molecule has 2 aromatic rings. The summed E-state index contributed by atoms with van der Waals surface area (Å²) >= 11 is 0. The molecule has 1 aliphatic heterocycles. The highest BCUT2D eigenvalue weighted by Crippen LogP contribution is 2.34. The summed E-state index contributed by atoms with van der Waals surface area (Å²) in [5.41, 5.74) is 7.65. The average molecular weight is 409 g/mol. The summed E-state index contributed by atoms with van der Waals surface area (Å²) < 4.78 is 5.40. The minimum absolute atomic E-state index is 0.118. The van der Waals surface area contributed by atoms with Gasteiger partial charge in [0.05, 0.1) is 0 Å². The number of aliphatic imine (C=N–C) groups is 1. The predicted octanol–water partition coefficient (Wildman–Crippen LogP) is 3.14. The largest absolute Gasteiger partial charge is 0.484 e. The zero-order valence-electron chi connectivity index (χ0n) is 17.9. The van der Waals surface area contributed by atoms with Gasteiger partial charge in [0.2, 0.25) is 0 Å². The number of ether oxygens (including phenoxy) is 1. The van der Waals surface area contributed by atoms with Crippen molar-refractivity contribution >= 4 is 11.9 Å². The van der Waals surface area contributed by atoms with Crippen molar-refractivity contribution in [3.8, 4) is 5.75 Å². The van der Waals surface area contributed by atoms with E-state index in [0.717, 1.165) is 37.5 Å². The molecule has 1 saturated heterocycles. The van der Waals surface area contributed by atoms with Crippen LogP contribution in [0.3, 0.4) is 0 Å². The van der Waals surface area contributed by atoms with Gasteiger partial charge in [0.15, 0.2) is 12.6 Å². The number of nitrogens with zero attached hydrogens (tertiary/aromatic N) is 2. The van der Waals surface area contributed by atoms with Crippen molar-refractivity contribution in [2.75, 3.05) is 26.7 Å². The van der Waals surface area contributed by atoms with Gasteiger partial charge < -0.3 is 20.7 Å². The monoisotopic (exact) mass is 408 g/mol. The summed E-state index contributed by atoms with van der Waals surface area (Å²) in [5, 5.41) is 3.48. The van der Waals surface area contributed by atoms with Crippen LogP contribution in [0, 0.1) is 5.92 Å². The number of rotatable bonds is 7. The van der Waals surface area contributed by atoms with Gasteiger partial charge in [-0.05, 0) is 41.5 Å². The number of amides is 1. The van der Waals surface area contributed by atoms with E-state index in [1.165, 1.54) is 5.56 Å². The quantitative estimate of drug-likeness (QED) is 0.545. The number of guanidine groups is 1. The number of carbonyl (C=O) groups is 1. The molecule has 3 rings (SSSR count). The fraction of sp³-hybridized carbons (Fsp3) is 0.417. The molecule has 1 amide bonds. The van der Waals surface area contributed by atoms with Crippen LogP contribution in [0.1, 0.15) is 36.8 Å². The Morgan fingerprint density at radius 1 is 1.23 bits per heavy atom. The van der Waals surface area contributed by atoms with E-state index < -0.39 is 5.91 Å². The van der Waals surface area contributed by atoms with E-state index in [1.807, 2.05) is 31.3 Å². The first-order valence-corrected chi connectivity index (χ1v) is 10.6. The second-order valence-corrected chi connectivity index (χ2v) is 7.72. The molecule has 6 nitrogen and oxygen atoms in total. The summed E-state index contributed by atoms with van der Waals surface area (Å²) in [6.45, 7) is 4.77. The molecule has 0 radical (unpaired) electrons. The highest BCUT2D eigenvalue weighted by atomic mass is 16.5. The summed E-state index contributed by atoms with van der Waals surface area (Å²) in [4.78, 5) is 17.8. The molecular weight excluding hydrogens is 376 g/mol. The molecule has 0 bridgehead atoms. The SMILES string of the molecule is CCC1CN(C(=NC)NCc2cccc(OCC(N)=O)c2)CCC1c1ccccc1. The van der Waals surface area contributed by atoms with Gasteiger partial charge in [0.1, 0.15) is 5.75 Å². The number of carbonyl (C=O) groups excluding carboxylic acids is 1. The molecule has 1 heterocycles. The molecule has 1 fully saturated rings. The van der Waals surface area contributed by atoms with Crippen molar-refractivity contribution in [3.05, 3.63) is 65.7 Å². The molecule has 6 heteroatoms. The van der Waals surface area contributed by atoms with Crippen LogP contribution in [0.25, 0.3) is 0 Å². The number of piperidine rings is 1. The summed E-state index contributed by atoms with van der Waals surface area (Å²) in [5.74, 6) is 2.28. The normalized spacial score (nSPS) is 19.4. The molecule has 30 heavy (non-hydrogen) atoms. The third-order valence-corrected chi connectivity index (χ3v) is 5.73. The van der Waals surface area contributed by atoms with Crippen molar-refractivity contribution in [2.24, 2.45) is 16.6 Å². The first-order chi connectivity index (χ1) is 14.6. The molecular formula is C24H32N4O2. The fourth-order valence-corrected chi connectivity index (χ4v) is 4.19. The number of hydrogen-bond acceptors (Lipinski definition) is 3. The predicted molar refractivity (Wildman–Crippen MR) is 120 cm³/mol. The lowest BCUT2D eigenvalue weighted by Gasteiger charge is -2.40. The second kappa shape index (κ2) is 10.7. The second-order valence-electron chi connectivity index (χ2n) is 7.72. The lowest BCUT2D eigenvalue weighted by atomic mass is 9.79. The van der Waals surface area contributed by atoms with E-state index in [9.17, 15) is 4.79 Å². The van der Waals surface area contributed by atoms with Crippen LogP contribution < -0.4 is 15.8 Å². The van der Waals surface area contributed by atoms with Crippen molar-refractivity contribution < 1.29 is 9.53 Å². The molecule has 3 N–H and O–H groups in total. The highest BCUT2D eigenvalue weighted by Gasteiger charge is 2.30. The number of nitrogens with two attached hydrogens (primary N) is 1. The first kappa shape index (κ1) is 21.7. The average Bonchev–Trinajstić information content (AvgIpc) is 2.79. The van der Waals surface area contributed by atoms with Crippen LogP contribution in [0.2, 0.25) is 0 Å². The summed E-state index contributed by atoms with van der Waals surface area (Å²) in [7, 11) is 1.83. The van der Waals surface area contributed by atoms with Crippen LogP contribution in [0.4, 0.5) is 0 Å². The van der Waals surface area contributed by atoms with Crippen molar-refractivity contribution in [1.29, 1.82) is 0 Å². The molecule has 2 atom stereocenters. The van der Waals surface area contributed by atoms with Gasteiger partial charge in [-0.2, -0.15) is 0 Å². The minimum atomic E-state index is -0.483. The standard InChI is InChI=1S/C24H32N4O2/c1-3-19-16-28(13-12-22(19)20-9-5-4-6-10-20)24(26-2)27-15-18-8-7-11-21(14-18)30-17-23(25)29/h4-11,14,19,22H,3,12-13,15-17H2,1-2H3,(H2,25,29)(H,26,27). The van der Waals surface area contributed by atoms with Gasteiger partial charge in [0.25, 0.3) is 5.91 Å². The number of hydrogen-bond donors (Lipinski definition) is 2. The zero-order chi connectivity index (χ0) is 21.3. The van der Waals surface area contributed by atoms with Crippen molar-refractivity contribution in [1.82, 2.24) is 10.2 Å². The minimum Gasteiger partial charge on any atom is -0.484 e. The molecule has 0 spiro atoms. The van der Waals surface area contributed by atoms with Crippen LogP contribution in [-0.2, 0) is 11.3 Å². The van der Waals surface area contributed by atoms with E-state index in [-0.39, 0.29) is 6.61 Å². The topological polar surface area (TPSA) is 79.9 Å².